The largest absolute Gasteiger partial charge is 0.384 e. The van der Waals surface area contributed by atoms with Gasteiger partial charge in [-0.25, -0.2) is 4.98 Å². The van der Waals surface area contributed by atoms with E-state index < -0.39 is 0 Å². The van der Waals surface area contributed by atoms with Gasteiger partial charge in [0.15, 0.2) is 0 Å². The number of nitrogens with zero attached hydrogens (tertiary/aromatic N) is 3. The number of carbonyl (C=O) groups excluding carboxylic acids is 1. The number of pyridine rings is 2. The van der Waals surface area contributed by atoms with Crippen molar-refractivity contribution in [3.05, 3.63) is 48.4 Å². The summed E-state index contributed by atoms with van der Waals surface area (Å²) in [6.07, 6.45) is 8.38. The summed E-state index contributed by atoms with van der Waals surface area (Å²) < 4.78 is 0. The third kappa shape index (κ3) is 4.22. The van der Waals surface area contributed by atoms with Crippen molar-refractivity contribution in [1.82, 2.24) is 14.9 Å². The van der Waals surface area contributed by atoms with Crippen LogP contribution in [0, 0.1) is 0 Å². The molecule has 1 aliphatic heterocycles. The van der Waals surface area contributed by atoms with Crippen LogP contribution in [0.4, 0.5) is 11.5 Å². The molecule has 0 saturated carbocycles. The first-order valence-electron chi connectivity index (χ1n) is 8.46. The Labute approximate surface area is 142 Å². The normalized spacial score (nSPS) is 13.8. The summed E-state index contributed by atoms with van der Waals surface area (Å²) in [6, 6.07) is 7.57. The molecule has 1 saturated heterocycles. The lowest BCUT2D eigenvalue weighted by Crippen LogP contribution is -2.28. The fraction of sp³-hybridized carbons (Fsp3) is 0.389. The number of carbonyl (C=O) groups is 1. The number of nitrogens with one attached hydrogen (secondary N) is 2. The zero-order valence-corrected chi connectivity index (χ0v) is 13.7. The molecule has 24 heavy (non-hydrogen) atoms. The van der Waals surface area contributed by atoms with Crippen LogP contribution >= 0.6 is 0 Å². The van der Waals surface area contributed by atoms with Crippen LogP contribution in [-0.4, -0.2) is 47.0 Å². The molecule has 1 aliphatic rings. The summed E-state index contributed by atoms with van der Waals surface area (Å²) in [6.45, 7) is 3.29. The van der Waals surface area contributed by atoms with E-state index in [0.717, 1.165) is 51.1 Å². The van der Waals surface area contributed by atoms with Crippen molar-refractivity contribution in [3.8, 4) is 0 Å². The van der Waals surface area contributed by atoms with Gasteiger partial charge in [0.05, 0.1) is 11.3 Å². The van der Waals surface area contributed by atoms with Crippen molar-refractivity contribution < 1.29 is 4.79 Å². The molecular weight excluding hydrogens is 302 g/mol. The van der Waals surface area contributed by atoms with Gasteiger partial charge in [-0.2, -0.15) is 0 Å². The smallest absolute Gasteiger partial charge is 0.257 e. The topological polar surface area (TPSA) is 70.1 Å². The maximum atomic E-state index is 12.6. The Hall–Kier alpha value is -2.63. The third-order valence-corrected chi connectivity index (χ3v) is 4.07. The SMILES string of the molecule is O=C(c1cccnc1NCCCNc1cccnc1)N1CCCC1. The van der Waals surface area contributed by atoms with Crippen molar-refractivity contribution in [3.63, 3.8) is 0 Å². The van der Waals surface area contributed by atoms with Crippen LogP contribution in [0.5, 0.6) is 0 Å². The number of amides is 1. The fourth-order valence-corrected chi connectivity index (χ4v) is 2.80. The fourth-order valence-electron chi connectivity index (χ4n) is 2.80. The van der Waals surface area contributed by atoms with Crippen LogP contribution in [0.15, 0.2) is 42.9 Å². The Bertz CT molecular complexity index is 655. The van der Waals surface area contributed by atoms with Gasteiger partial charge in [-0.1, -0.05) is 0 Å². The van der Waals surface area contributed by atoms with E-state index in [1.165, 1.54) is 0 Å². The van der Waals surface area contributed by atoms with E-state index in [1.807, 2.05) is 29.2 Å². The minimum absolute atomic E-state index is 0.0802. The summed E-state index contributed by atoms with van der Waals surface area (Å²) >= 11 is 0. The van der Waals surface area contributed by atoms with Gasteiger partial charge in [-0.05, 0) is 43.5 Å². The number of anilines is 2. The van der Waals surface area contributed by atoms with E-state index in [4.69, 9.17) is 0 Å². The van der Waals surface area contributed by atoms with E-state index in [-0.39, 0.29) is 5.91 Å². The van der Waals surface area contributed by atoms with Crippen molar-refractivity contribution in [2.24, 2.45) is 0 Å². The summed E-state index contributed by atoms with van der Waals surface area (Å²) in [5.74, 6) is 0.757. The monoisotopic (exact) mass is 325 g/mol. The van der Waals surface area contributed by atoms with Crippen molar-refractivity contribution in [1.29, 1.82) is 0 Å². The number of hydrogen-bond donors (Lipinski definition) is 2. The van der Waals surface area contributed by atoms with Crippen LogP contribution in [0.2, 0.25) is 0 Å². The number of aromatic nitrogens is 2. The highest BCUT2D eigenvalue weighted by atomic mass is 16.2. The first kappa shape index (κ1) is 16.2. The number of rotatable bonds is 7. The third-order valence-electron chi connectivity index (χ3n) is 4.07. The van der Waals surface area contributed by atoms with Gasteiger partial charge < -0.3 is 15.5 Å². The second-order valence-electron chi connectivity index (χ2n) is 5.85. The summed E-state index contributed by atoms with van der Waals surface area (Å²) in [4.78, 5) is 22.9. The van der Waals surface area contributed by atoms with Crippen LogP contribution < -0.4 is 10.6 Å². The molecule has 1 amide bonds. The first-order valence-corrected chi connectivity index (χ1v) is 8.46. The van der Waals surface area contributed by atoms with Crippen molar-refractivity contribution >= 4 is 17.4 Å². The minimum Gasteiger partial charge on any atom is -0.384 e. The molecule has 0 aliphatic carbocycles. The van der Waals surface area contributed by atoms with Crippen molar-refractivity contribution in [2.75, 3.05) is 36.8 Å². The lowest BCUT2D eigenvalue weighted by Gasteiger charge is -2.17. The zero-order valence-electron chi connectivity index (χ0n) is 13.7. The Morgan fingerprint density at radius 1 is 1.08 bits per heavy atom. The summed E-state index contributed by atoms with van der Waals surface area (Å²) in [7, 11) is 0. The summed E-state index contributed by atoms with van der Waals surface area (Å²) in [5.41, 5.74) is 1.68. The van der Waals surface area contributed by atoms with Gasteiger partial charge in [0.25, 0.3) is 5.91 Å². The molecule has 0 spiro atoms. The van der Waals surface area contributed by atoms with Crippen LogP contribution in [0.25, 0.3) is 0 Å². The highest BCUT2D eigenvalue weighted by Gasteiger charge is 2.22. The van der Waals surface area contributed by atoms with Gasteiger partial charge in [-0.3, -0.25) is 9.78 Å². The van der Waals surface area contributed by atoms with E-state index >= 15 is 0 Å². The Kier molecular flexibility index (Phi) is 5.61. The molecule has 2 aromatic heterocycles. The van der Waals surface area contributed by atoms with Crippen molar-refractivity contribution in [2.45, 2.75) is 19.3 Å². The predicted octanol–water partition coefficient (Wildman–Crippen LogP) is 2.63. The molecule has 0 aromatic carbocycles. The molecule has 3 rings (SSSR count). The molecular formula is C18H23N5O. The van der Waals surface area contributed by atoms with E-state index in [2.05, 4.69) is 20.6 Å². The minimum atomic E-state index is 0.0802. The van der Waals surface area contributed by atoms with E-state index in [1.54, 1.807) is 18.6 Å². The Morgan fingerprint density at radius 2 is 1.88 bits per heavy atom. The van der Waals surface area contributed by atoms with Gasteiger partial charge in [-0.15, -0.1) is 0 Å². The average Bonchev–Trinajstić information content (AvgIpc) is 3.17. The molecule has 0 radical (unpaired) electrons. The molecule has 0 atom stereocenters. The average molecular weight is 325 g/mol. The molecule has 3 heterocycles. The first-order chi connectivity index (χ1) is 11.8. The van der Waals surface area contributed by atoms with Crippen LogP contribution in [0.1, 0.15) is 29.6 Å². The molecule has 0 bridgehead atoms. The standard InChI is InChI=1S/C18H23N5O/c24-18(23-12-1-2-13-23)16-7-4-9-21-17(16)22-11-5-10-20-15-6-3-8-19-14-15/h3-4,6-9,14,20H,1-2,5,10-13H2,(H,21,22). The maximum absolute atomic E-state index is 12.6. The molecule has 2 N–H and O–H groups in total. The van der Waals surface area contributed by atoms with Gasteiger partial charge >= 0.3 is 0 Å². The molecule has 2 aromatic rings. The zero-order chi connectivity index (χ0) is 16.6. The highest BCUT2D eigenvalue weighted by Crippen LogP contribution is 2.18. The van der Waals surface area contributed by atoms with Gasteiger partial charge in [0.1, 0.15) is 5.82 Å². The lowest BCUT2D eigenvalue weighted by molar-refractivity contribution is 0.0793. The Balaban J connectivity index is 1.49. The highest BCUT2D eigenvalue weighted by molar-refractivity contribution is 5.98. The number of hydrogen-bond acceptors (Lipinski definition) is 5. The quantitative estimate of drug-likeness (QED) is 0.766. The van der Waals surface area contributed by atoms with Crippen LogP contribution in [0.3, 0.4) is 0 Å². The van der Waals surface area contributed by atoms with Gasteiger partial charge in [0.2, 0.25) is 0 Å². The second-order valence-corrected chi connectivity index (χ2v) is 5.85. The second kappa shape index (κ2) is 8.29. The van der Waals surface area contributed by atoms with Gasteiger partial charge in [0, 0.05) is 44.8 Å². The molecule has 6 nitrogen and oxygen atoms in total. The Morgan fingerprint density at radius 3 is 2.67 bits per heavy atom. The molecule has 6 heteroatoms. The maximum Gasteiger partial charge on any atom is 0.257 e. The number of likely N-dealkylation sites (tertiary alicyclic amines) is 1. The molecule has 1 fully saturated rings. The van der Waals surface area contributed by atoms with E-state index in [9.17, 15) is 4.79 Å². The molecule has 126 valence electrons. The predicted molar refractivity (Wildman–Crippen MR) is 95.2 cm³/mol. The summed E-state index contributed by atoms with van der Waals surface area (Å²) in [5, 5.41) is 6.60. The van der Waals surface area contributed by atoms with E-state index in [0.29, 0.717) is 11.4 Å². The molecule has 0 unspecified atom stereocenters. The lowest BCUT2D eigenvalue weighted by atomic mass is 10.2. The van der Waals surface area contributed by atoms with Crippen LogP contribution in [-0.2, 0) is 0 Å².